The number of amides is 1. The molecule has 2 rings (SSSR count). The second-order valence-electron chi connectivity index (χ2n) is 6.78. The van der Waals surface area contributed by atoms with Gasteiger partial charge in [-0.3, -0.25) is 9.69 Å². The van der Waals surface area contributed by atoms with Crippen LogP contribution in [-0.2, 0) is 4.79 Å². The van der Waals surface area contributed by atoms with E-state index in [9.17, 15) is 4.79 Å². The van der Waals surface area contributed by atoms with Crippen molar-refractivity contribution in [1.29, 1.82) is 0 Å². The van der Waals surface area contributed by atoms with Crippen LogP contribution in [0.25, 0.3) is 0 Å². The Morgan fingerprint density at radius 2 is 1.95 bits per heavy atom. The molecule has 1 N–H and O–H groups in total. The summed E-state index contributed by atoms with van der Waals surface area (Å²) in [5, 5.41) is 3.38. The quantitative estimate of drug-likeness (QED) is 0.838. The number of nitrogens with one attached hydrogen (secondary N) is 1. The molecule has 2 aliphatic rings. The summed E-state index contributed by atoms with van der Waals surface area (Å²) in [7, 11) is 2.15. The molecule has 1 amide bonds. The number of likely N-dealkylation sites (N-methyl/N-ethyl adjacent to an activating group) is 1. The molecule has 110 valence electrons. The zero-order valence-corrected chi connectivity index (χ0v) is 12.7. The van der Waals surface area contributed by atoms with E-state index in [1.807, 2.05) is 0 Å². The number of piperidine rings is 1. The maximum Gasteiger partial charge on any atom is 0.222 e. The molecule has 0 radical (unpaired) electrons. The molecule has 0 aliphatic carbocycles. The first-order chi connectivity index (χ1) is 8.99. The fourth-order valence-electron chi connectivity index (χ4n) is 3.11. The second kappa shape index (κ2) is 6.23. The van der Waals surface area contributed by atoms with Crippen LogP contribution in [0.15, 0.2) is 0 Å². The predicted octanol–water partition coefficient (Wildman–Crippen LogP) is 1.32. The van der Waals surface area contributed by atoms with Gasteiger partial charge in [0.2, 0.25) is 5.91 Å². The van der Waals surface area contributed by atoms with Crippen molar-refractivity contribution in [3.8, 4) is 0 Å². The molecule has 0 aromatic carbocycles. The Morgan fingerprint density at radius 1 is 1.26 bits per heavy atom. The molecule has 19 heavy (non-hydrogen) atoms. The van der Waals surface area contributed by atoms with Crippen LogP contribution in [0.2, 0.25) is 0 Å². The van der Waals surface area contributed by atoms with Crippen molar-refractivity contribution >= 4 is 5.91 Å². The van der Waals surface area contributed by atoms with Gasteiger partial charge >= 0.3 is 0 Å². The lowest BCUT2D eigenvalue weighted by atomic mass is 9.92. The van der Waals surface area contributed by atoms with Crippen LogP contribution in [0.3, 0.4) is 0 Å². The van der Waals surface area contributed by atoms with Gasteiger partial charge in [0.25, 0.3) is 0 Å². The first-order valence-corrected chi connectivity index (χ1v) is 7.69. The Bertz CT molecular complexity index is 311. The van der Waals surface area contributed by atoms with E-state index >= 15 is 0 Å². The lowest BCUT2D eigenvalue weighted by Gasteiger charge is -2.45. The smallest absolute Gasteiger partial charge is 0.222 e. The van der Waals surface area contributed by atoms with Gasteiger partial charge in [-0.05, 0) is 59.2 Å². The molecular weight excluding hydrogens is 238 g/mol. The van der Waals surface area contributed by atoms with E-state index < -0.39 is 0 Å². The average Bonchev–Trinajstić information content (AvgIpc) is 2.40. The molecule has 2 aliphatic heterocycles. The number of carbonyl (C=O) groups excluding carboxylic acids is 1. The van der Waals surface area contributed by atoms with E-state index in [2.05, 4.69) is 36.0 Å². The third kappa shape index (κ3) is 3.93. The van der Waals surface area contributed by atoms with Crippen molar-refractivity contribution in [1.82, 2.24) is 15.1 Å². The molecule has 2 saturated heterocycles. The van der Waals surface area contributed by atoms with E-state index in [0.717, 1.165) is 51.5 Å². The molecule has 0 aromatic heterocycles. The molecule has 2 fully saturated rings. The van der Waals surface area contributed by atoms with Crippen LogP contribution < -0.4 is 5.32 Å². The van der Waals surface area contributed by atoms with E-state index in [4.69, 9.17) is 0 Å². The van der Waals surface area contributed by atoms with Crippen molar-refractivity contribution in [3.05, 3.63) is 0 Å². The van der Waals surface area contributed by atoms with Gasteiger partial charge in [0.05, 0.1) is 0 Å². The maximum absolute atomic E-state index is 12.3. The summed E-state index contributed by atoms with van der Waals surface area (Å²) in [5.41, 5.74) is 0.114. The molecule has 4 heteroatoms. The summed E-state index contributed by atoms with van der Waals surface area (Å²) in [6.07, 6.45) is 4.29. The topological polar surface area (TPSA) is 35.6 Å². The molecule has 0 atom stereocenters. The Hall–Kier alpha value is -0.610. The highest BCUT2D eigenvalue weighted by Crippen LogP contribution is 2.22. The van der Waals surface area contributed by atoms with Gasteiger partial charge in [0, 0.05) is 31.6 Å². The van der Waals surface area contributed by atoms with E-state index in [0.29, 0.717) is 5.91 Å². The van der Waals surface area contributed by atoms with Crippen LogP contribution in [-0.4, -0.2) is 61.0 Å². The van der Waals surface area contributed by atoms with Gasteiger partial charge in [-0.15, -0.1) is 0 Å². The normalized spacial score (nSPS) is 25.5. The number of hydrogen-bond acceptors (Lipinski definition) is 3. The van der Waals surface area contributed by atoms with Crippen molar-refractivity contribution in [2.24, 2.45) is 5.92 Å². The molecule has 0 spiro atoms. The highest BCUT2D eigenvalue weighted by Gasteiger charge is 2.33. The monoisotopic (exact) mass is 267 g/mol. The van der Waals surface area contributed by atoms with Crippen molar-refractivity contribution in [3.63, 3.8) is 0 Å². The Morgan fingerprint density at radius 3 is 2.58 bits per heavy atom. The zero-order chi connectivity index (χ0) is 13.9. The summed E-state index contributed by atoms with van der Waals surface area (Å²) >= 11 is 0. The van der Waals surface area contributed by atoms with Crippen LogP contribution in [0, 0.1) is 5.92 Å². The Labute approximate surface area is 117 Å². The van der Waals surface area contributed by atoms with E-state index in [-0.39, 0.29) is 5.54 Å². The zero-order valence-electron chi connectivity index (χ0n) is 12.7. The highest BCUT2D eigenvalue weighted by atomic mass is 16.2. The third-order valence-corrected chi connectivity index (χ3v) is 4.89. The van der Waals surface area contributed by atoms with Crippen LogP contribution >= 0.6 is 0 Å². The fraction of sp³-hybridized carbons (Fsp3) is 0.933. The molecule has 0 bridgehead atoms. The number of hydrogen-bond donors (Lipinski definition) is 1. The minimum atomic E-state index is 0.114. The minimum Gasteiger partial charge on any atom is -0.340 e. The van der Waals surface area contributed by atoms with Crippen LogP contribution in [0.5, 0.6) is 0 Å². The lowest BCUT2D eigenvalue weighted by Crippen LogP contribution is -2.58. The minimum absolute atomic E-state index is 0.114. The largest absolute Gasteiger partial charge is 0.340 e. The van der Waals surface area contributed by atoms with Gasteiger partial charge in [-0.25, -0.2) is 0 Å². The van der Waals surface area contributed by atoms with Gasteiger partial charge in [-0.2, -0.15) is 0 Å². The highest BCUT2D eigenvalue weighted by molar-refractivity contribution is 5.76. The molecule has 2 heterocycles. The van der Waals surface area contributed by atoms with Gasteiger partial charge in [-0.1, -0.05) is 0 Å². The number of carbonyl (C=O) groups is 1. The summed E-state index contributed by atoms with van der Waals surface area (Å²) in [4.78, 5) is 16.7. The molecule has 0 saturated carbocycles. The molecule has 0 aromatic rings. The Balaban J connectivity index is 1.76. The van der Waals surface area contributed by atoms with Crippen molar-refractivity contribution in [2.45, 2.75) is 45.1 Å². The summed E-state index contributed by atoms with van der Waals surface area (Å²) in [5.74, 6) is 1.12. The number of piperazine rings is 1. The first kappa shape index (κ1) is 14.8. The SMILES string of the molecule is CN1CCN(C(=O)CCC2CCNCC2)CC1(C)C. The molecule has 0 unspecified atom stereocenters. The van der Waals surface area contributed by atoms with Gasteiger partial charge < -0.3 is 10.2 Å². The fourth-order valence-corrected chi connectivity index (χ4v) is 3.11. The third-order valence-electron chi connectivity index (χ3n) is 4.89. The van der Waals surface area contributed by atoms with Crippen LogP contribution in [0.1, 0.15) is 39.5 Å². The first-order valence-electron chi connectivity index (χ1n) is 7.69. The Kier molecular flexibility index (Phi) is 4.85. The standard InChI is InChI=1S/C15H29N3O/c1-15(2)12-18(11-10-17(15)3)14(19)5-4-13-6-8-16-9-7-13/h13,16H,4-12H2,1-3H3. The maximum atomic E-state index is 12.3. The predicted molar refractivity (Wildman–Crippen MR) is 78.1 cm³/mol. The summed E-state index contributed by atoms with van der Waals surface area (Å²) in [6, 6.07) is 0. The average molecular weight is 267 g/mol. The van der Waals surface area contributed by atoms with Crippen LogP contribution in [0.4, 0.5) is 0 Å². The lowest BCUT2D eigenvalue weighted by molar-refractivity contribution is -0.136. The summed E-state index contributed by atoms with van der Waals surface area (Å²) in [6.45, 7) is 9.45. The number of rotatable bonds is 3. The van der Waals surface area contributed by atoms with Crippen molar-refractivity contribution < 1.29 is 4.79 Å². The van der Waals surface area contributed by atoms with Crippen molar-refractivity contribution in [2.75, 3.05) is 39.8 Å². The van der Waals surface area contributed by atoms with Gasteiger partial charge in [0.15, 0.2) is 0 Å². The molecule has 4 nitrogen and oxygen atoms in total. The molecular formula is C15H29N3O. The summed E-state index contributed by atoms with van der Waals surface area (Å²) < 4.78 is 0. The number of nitrogens with zero attached hydrogens (tertiary/aromatic N) is 2. The van der Waals surface area contributed by atoms with E-state index in [1.165, 1.54) is 12.8 Å². The second-order valence-corrected chi connectivity index (χ2v) is 6.78. The van der Waals surface area contributed by atoms with Gasteiger partial charge in [0.1, 0.15) is 0 Å². The van der Waals surface area contributed by atoms with E-state index in [1.54, 1.807) is 0 Å².